The van der Waals surface area contributed by atoms with Gasteiger partial charge in [-0.3, -0.25) is 0 Å². The van der Waals surface area contributed by atoms with Crippen molar-refractivity contribution in [3.05, 3.63) is 264 Å². The fourth-order valence-corrected chi connectivity index (χ4v) is 11.9. The topological polar surface area (TPSA) is 149 Å². The van der Waals surface area contributed by atoms with Gasteiger partial charge in [-0.1, -0.05) is 231 Å². The summed E-state index contributed by atoms with van der Waals surface area (Å²) in [4.78, 5) is 0. The van der Waals surface area contributed by atoms with Crippen molar-refractivity contribution in [2.24, 2.45) is 0 Å². The molecule has 4 aliphatic rings. The van der Waals surface area contributed by atoms with Crippen LogP contribution in [0.5, 0.6) is 0 Å². The third-order valence-corrected chi connectivity index (χ3v) is 16.7. The number of unbranched alkanes of at least 4 members (excludes halogenated alkanes) is 4. The summed E-state index contributed by atoms with van der Waals surface area (Å²) in [6, 6.07) is 69.4. The van der Waals surface area contributed by atoms with Crippen molar-refractivity contribution in [3.8, 4) is 0 Å². The van der Waals surface area contributed by atoms with E-state index < -0.39 is 98.4 Å². The van der Waals surface area contributed by atoms with Crippen molar-refractivity contribution in [1.82, 2.24) is 0 Å². The van der Waals surface area contributed by atoms with Crippen LogP contribution < -0.4 is 0 Å². The van der Waals surface area contributed by atoms with E-state index in [-0.39, 0.29) is 52.9 Å². The van der Waals surface area contributed by atoms with Gasteiger partial charge in [0.2, 0.25) is 0 Å². The minimum absolute atomic E-state index is 0.0405. The van der Waals surface area contributed by atoms with Crippen LogP contribution in [0.1, 0.15) is 84.3 Å². The van der Waals surface area contributed by atoms with E-state index in [0.29, 0.717) is 6.61 Å². The van der Waals surface area contributed by atoms with E-state index in [1.807, 2.05) is 225 Å². The summed E-state index contributed by atoms with van der Waals surface area (Å²) in [7, 11) is 0. The zero-order chi connectivity index (χ0) is 61.5. The maximum Gasteiger partial charge on any atom is 0.187 e. The summed E-state index contributed by atoms with van der Waals surface area (Å²) in [5, 5.41) is 13.3. The highest BCUT2D eigenvalue weighted by Gasteiger charge is 2.57. The lowest BCUT2D eigenvalue weighted by atomic mass is 9.95. The van der Waals surface area contributed by atoms with Gasteiger partial charge in [-0.25, -0.2) is 0 Å². The molecule has 15 heteroatoms. The van der Waals surface area contributed by atoms with E-state index in [4.69, 9.17) is 66.3 Å². The lowest BCUT2D eigenvalue weighted by molar-refractivity contribution is -0.413. The predicted octanol–water partition coefficient (Wildman–Crippen LogP) is 12.7. The highest BCUT2D eigenvalue weighted by molar-refractivity contribution is 5.20. The van der Waals surface area contributed by atoms with Gasteiger partial charge in [-0.15, -0.1) is 6.58 Å². The Kier molecular flexibility index (Phi) is 24.9. The Morgan fingerprint density at radius 1 is 0.422 bits per heavy atom. The maximum atomic E-state index is 13.3. The molecule has 0 amide bonds. The second kappa shape index (κ2) is 34.4. The largest absolute Gasteiger partial charge is 0.387 e. The first kappa shape index (κ1) is 65.2. The van der Waals surface area contributed by atoms with Crippen LogP contribution in [-0.2, 0) is 106 Å². The molecule has 0 aliphatic carbocycles. The van der Waals surface area contributed by atoms with Crippen molar-refractivity contribution in [3.63, 3.8) is 0 Å². The highest BCUT2D eigenvalue weighted by atomic mass is 16.8. The summed E-state index contributed by atoms with van der Waals surface area (Å²) < 4.78 is 98.0. The van der Waals surface area contributed by atoms with Gasteiger partial charge in [-0.2, -0.15) is 0 Å². The van der Waals surface area contributed by atoms with Crippen molar-refractivity contribution >= 4 is 0 Å². The Morgan fingerprint density at radius 2 is 0.844 bits per heavy atom. The molecule has 0 saturated carbocycles. The van der Waals surface area contributed by atoms with Crippen LogP contribution in [0.4, 0.5) is 0 Å². The summed E-state index contributed by atoms with van der Waals surface area (Å²) in [6.45, 7) is 7.69. The SMILES string of the molecule is C=CCCCCCCO[C@@H]1O[C@H](COCc2ccccc2)[C@@H](O[C@@H]2O[C@@H]3COC(c4ccccc4)O[C@@H]3[C@H](O)[C@H]2O[C@@H]2O[C@@H](C)[C@@H](OCc3ccccc3)[C@@H](OCc3ccccc3)[C@@H]2OCc2ccccc2)[C@H](OCc2ccccc2)[C@H]1OCc1ccccc1. The number of hydrogen-bond donors (Lipinski definition) is 1. The van der Waals surface area contributed by atoms with Crippen molar-refractivity contribution < 1.29 is 71.4 Å². The van der Waals surface area contributed by atoms with Gasteiger partial charge in [0, 0.05) is 12.2 Å². The monoisotopic (exact) mass is 1230 g/mol. The lowest BCUT2D eigenvalue weighted by Crippen LogP contribution is -2.68. The number of allylic oxidation sites excluding steroid dienone is 1. The summed E-state index contributed by atoms with van der Waals surface area (Å²) in [6.07, 6.45) is -8.82. The molecular formula is C75H86O15. The van der Waals surface area contributed by atoms with Gasteiger partial charge in [0.25, 0.3) is 0 Å². The van der Waals surface area contributed by atoms with Gasteiger partial charge in [0.15, 0.2) is 25.2 Å². The zero-order valence-electron chi connectivity index (χ0n) is 51.3. The quantitative estimate of drug-likeness (QED) is 0.0314. The molecule has 7 aromatic carbocycles. The number of aliphatic hydroxyl groups excluding tert-OH is 1. The summed E-state index contributed by atoms with van der Waals surface area (Å²) in [5.74, 6) is 0. The van der Waals surface area contributed by atoms with Gasteiger partial charge in [0.1, 0.15) is 67.1 Å². The van der Waals surface area contributed by atoms with E-state index in [1.165, 1.54) is 0 Å². The van der Waals surface area contributed by atoms with E-state index in [9.17, 15) is 5.11 Å². The molecule has 476 valence electrons. The standard InChI is InChI=1S/C75H86O15/c1-3-4-5-6-7-29-44-78-73-70(82-49-58-38-23-12-24-39-58)69(81-48-57-36-21-11-22-37-57)66(61(86-73)51-77-45-54-30-15-8-16-31-54)89-74-67(63(76)65-62(87-74)52-84-72(88-65)60-42-27-14-28-43-60)90-75-71(83-50-59-40-25-13-26-41-59)68(80-47-56-34-19-10-20-35-56)64(53(2)85-75)79-46-55-32-17-9-18-33-55/h3,8-28,30-43,53,61-76H,1,4-7,29,44-52H2,2H3/t53-,61+,62+,63-,64+,65-,66+,67+,68+,69-,70+,71-,72?,73+,74-,75-/m0/s1. The van der Waals surface area contributed by atoms with E-state index in [1.54, 1.807) is 0 Å². The van der Waals surface area contributed by atoms with Crippen LogP contribution in [0.15, 0.2) is 225 Å². The van der Waals surface area contributed by atoms with Crippen LogP contribution in [0.2, 0.25) is 0 Å². The van der Waals surface area contributed by atoms with Crippen LogP contribution >= 0.6 is 0 Å². The first-order valence-electron chi connectivity index (χ1n) is 31.8. The summed E-state index contributed by atoms with van der Waals surface area (Å²) in [5.41, 5.74) is 6.48. The highest BCUT2D eigenvalue weighted by Crippen LogP contribution is 2.41. The average Bonchev–Trinajstić information content (AvgIpc) is 0.804. The van der Waals surface area contributed by atoms with Crippen LogP contribution in [0, 0.1) is 0 Å². The summed E-state index contributed by atoms with van der Waals surface area (Å²) >= 11 is 0. The molecule has 0 bridgehead atoms. The Balaban J connectivity index is 0.969. The molecule has 15 nitrogen and oxygen atoms in total. The van der Waals surface area contributed by atoms with Gasteiger partial charge < -0.3 is 71.4 Å². The van der Waals surface area contributed by atoms with Gasteiger partial charge in [0.05, 0.1) is 59.0 Å². The second-order valence-electron chi connectivity index (χ2n) is 23.3. The minimum Gasteiger partial charge on any atom is -0.387 e. The predicted molar refractivity (Wildman–Crippen MR) is 338 cm³/mol. The van der Waals surface area contributed by atoms with E-state index in [2.05, 4.69) is 6.58 Å². The molecule has 4 heterocycles. The molecule has 90 heavy (non-hydrogen) atoms. The van der Waals surface area contributed by atoms with Crippen molar-refractivity contribution in [1.29, 1.82) is 0 Å². The molecule has 7 aromatic rings. The first-order valence-corrected chi connectivity index (χ1v) is 31.8. The molecule has 0 radical (unpaired) electrons. The Bertz CT molecular complexity index is 3100. The third kappa shape index (κ3) is 18.3. The molecular weight excluding hydrogens is 1140 g/mol. The first-order chi connectivity index (χ1) is 44.4. The number of hydrogen-bond acceptors (Lipinski definition) is 15. The second-order valence-corrected chi connectivity index (χ2v) is 23.3. The van der Waals surface area contributed by atoms with E-state index >= 15 is 0 Å². The molecule has 4 saturated heterocycles. The Hall–Kier alpha value is -6.32. The molecule has 16 atom stereocenters. The van der Waals surface area contributed by atoms with Gasteiger partial charge >= 0.3 is 0 Å². The minimum atomic E-state index is -1.41. The van der Waals surface area contributed by atoms with Crippen LogP contribution in [0.3, 0.4) is 0 Å². The fraction of sp³-hybridized carbons (Fsp3) is 0.413. The lowest BCUT2D eigenvalue weighted by Gasteiger charge is -2.52. The molecule has 4 fully saturated rings. The zero-order valence-corrected chi connectivity index (χ0v) is 51.3. The maximum absolute atomic E-state index is 13.3. The van der Waals surface area contributed by atoms with Crippen molar-refractivity contribution in [2.75, 3.05) is 19.8 Å². The molecule has 1 N–H and O–H groups in total. The smallest absolute Gasteiger partial charge is 0.187 e. The fourth-order valence-electron chi connectivity index (χ4n) is 11.9. The molecule has 1 unspecified atom stereocenters. The Morgan fingerprint density at radius 3 is 1.36 bits per heavy atom. The molecule has 0 aromatic heterocycles. The average molecular weight is 1230 g/mol. The van der Waals surface area contributed by atoms with Crippen molar-refractivity contribution in [2.45, 2.75) is 177 Å². The normalized spacial score (nSPS) is 28.4. The molecule has 0 spiro atoms. The number of benzene rings is 7. The van der Waals surface area contributed by atoms with Crippen LogP contribution in [0.25, 0.3) is 0 Å². The number of fused-ring (bicyclic) bond motifs is 1. The van der Waals surface area contributed by atoms with Gasteiger partial charge in [-0.05, 0) is 59.6 Å². The number of rotatable bonds is 32. The van der Waals surface area contributed by atoms with Crippen LogP contribution in [-0.4, -0.2) is 117 Å². The molecule has 4 aliphatic heterocycles. The Labute approximate surface area is 529 Å². The third-order valence-electron chi connectivity index (χ3n) is 16.7. The van der Waals surface area contributed by atoms with E-state index in [0.717, 1.165) is 71.0 Å². The molecule has 11 rings (SSSR count). The number of aliphatic hydroxyl groups is 1. The number of ether oxygens (including phenoxy) is 14.